The van der Waals surface area contributed by atoms with Crippen molar-refractivity contribution in [2.75, 3.05) is 7.05 Å². The molecule has 21 heavy (non-hydrogen) atoms. The summed E-state index contributed by atoms with van der Waals surface area (Å²) in [4.78, 5) is 14.6. The van der Waals surface area contributed by atoms with Gasteiger partial charge in [0, 0.05) is 16.2 Å². The molecule has 0 amide bonds. The number of allylic oxidation sites excluding steroid dienone is 1. The van der Waals surface area contributed by atoms with Crippen LogP contribution in [-0.4, -0.2) is 12.8 Å². The van der Waals surface area contributed by atoms with Gasteiger partial charge < -0.3 is 5.73 Å². The Morgan fingerprint density at radius 1 is 1.10 bits per heavy atom. The molecule has 2 aromatic carbocycles. The van der Waals surface area contributed by atoms with Crippen LogP contribution in [0.2, 0.25) is 0 Å². The molecule has 106 valence electrons. The second-order valence-electron chi connectivity index (χ2n) is 3.84. The number of azide groups is 1. The van der Waals surface area contributed by atoms with Gasteiger partial charge in [0.05, 0.1) is 0 Å². The predicted octanol–water partition coefficient (Wildman–Crippen LogP) is 4.10. The molecule has 0 aliphatic heterocycles. The number of benzene rings is 2. The fraction of sp³-hybridized carbons (Fsp3) is 0.0625. The van der Waals surface area contributed by atoms with Crippen molar-refractivity contribution in [3.63, 3.8) is 0 Å². The second-order valence-corrected chi connectivity index (χ2v) is 3.84. The Balaban J connectivity index is 0.00000106. The number of ketones is 1. The van der Waals surface area contributed by atoms with Crippen LogP contribution in [0.3, 0.4) is 0 Å². The molecule has 0 saturated heterocycles. The summed E-state index contributed by atoms with van der Waals surface area (Å²) in [7, 11) is 1.50. The minimum atomic E-state index is -0.0867. The van der Waals surface area contributed by atoms with E-state index in [0.29, 0.717) is 11.3 Å². The van der Waals surface area contributed by atoms with Crippen molar-refractivity contribution in [3.8, 4) is 0 Å². The zero-order valence-electron chi connectivity index (χ0n) is 11.7. The van der Waals surface area contributed by atoms with Crippen LogP contribution in [0, 0.1) is 0 Å². The predicted molar refractivity (Wildman–Crippen MR) is 85.2 cm³/mol. The van der Waals surface area contributed by atoms with Gasteiger partial charge in [-0.05, 0) is 24.2 Å². The highest BCUT2D eigenvalue weighted by Crippen LogP contribution is 2.14. The molecule has 0 radical (unpaired) electrons. The van der Waals surface area contributed by atoms with Gasteiger partial charge in [-0.1, -0.05) is 65.8 Å². The van der Waals surface area contributed by atoms with E-state index < -0.39 is 0 Å². The van der Waals surface area contributed by atoms with Gasteiger partial charge in [0.1, 0.15) is 0 Å². The molecular weight excluding hydrogens is 264 g/mol. The quantitative estimate of drug-likeness (QED) is 0.300. The molecule has 0 saturated carbocycles. The van der Waals surface area contributed by atoms with Gasteiger partial charge in [0.15, 0.2) is 5.78 Å². The number of hydrogen-bond acceptors (Lipinski definition) is 3. The summed E-state index contributed by atoms with van der Waals surface area (Å²) in [6, 6.07) is 16.1. The lowest BCUT2D eigenvalue weighted by Crippen LogP contribution is -1.92. The SMILES string of the molecule is CN.[N-]=[N+]=Nc1ccc(C(=O)C=Cc2ccccc2)cc1. The number of nitrogens with two attached hydrogens (primary N) is 1. The van der Waals surface area contributed by atoms with E-state index in [1.807, 2.05) is 30.3 Å². The van der Waals surface area contributed by atoms with E-state index in [1.165, 1.54) is 13.1 Å². The first-order valence-corrected chi connectivity index (χ1v) is 6.30. The molecule has 5 heteroatoms. The number of rotatable bonds is 4. The lowest BCUT2D eigenvalue weighted by atomic mass is 10.1. The number of hydrogen-bond donors (Lipinski definition) is 1. The van der Waals surface area contributed by atoms with Gasteiger partial charge >= 0.3 is 0 Å². The van der Waals surface area contributed by atoms with Crippen molar-refractivity contribution in [1.29, 1.82) is 0 Å². The monoisotopic (exact) mass is 280 g/mol. The highest BCUT2D eigenvalue weighted by atomic mass is 16.1. The lowest BCUT2D eigenvalue weighted by molar-refractivity contribution is 0.104. The molecule has 0 spiro atoms. The second kappa shape index (κ2) is 9.09. The zero-order chi connectivity index (χ0) is 15.5. The van der Waals surface area contributed by atoms with E-state index >= 15 is 0 Å². The van der Waals surface area contributed by atoms with E-state index in [4.69, 9.17) is 5.53 Å². The fourth-order valence-electron chi connectivity index (χ4n) is 1.58. The molecule has 0 fully saturated rings. The Bertz CT molecular complexity index is 642. The van der Waals surface area contributed by atoms with Crippen LogP contribution in [0.1, 0.15) is 15.9 Å². The molecule has 0 aliphatic rings. The Hall–Kier alpha value is -2.88. The van der Waals surface area contributed by atoms with Crippen molar-refractivity contribution in [2.45, 2.75) is 0 Å². The molecule has 2 aromatic rings. The molecule has 0 bridgehead atoms. The Morgan fingerprint density at radius 2 is 1.71 bits per heavy atom. The van der Waals surface area contributed by atoms with Crippen molar-refractivity contribution in [1.82, 2.24) is 0 Å². The maximum Gasteiger partial charge on any atom is 0.185 e. The van der Waals surface area contributed by atoms with E-state index in [-0.39, 0.29) is 5.78 Å². The first-order chi connectivity index (χ1) is 10.3. The summed E-state index contributed by atoms with van der Waals surface area (Å²) in [5.41, 5.74) is 14.8. The Kier molecular flexibility index (Phi) is 7.00. The number of carbonyl (C=O) groups excluding carboxylic acids is 1. The standard InChI is InChI=1S/C15H11N3O.CH5N/c16-18-17-14-9-7-13(8-10-14)15(19)11-6-12-4-2-1-3-5-12;1-2/h1-11H;2H2,1H3. The summed E-state index contributed by atoms with van der Waals surface area (Å²) in [6.45, 7) is 0. The maximum absolute atomic E-state index is 11.9. The van der Waals surface area contributed by atoms with Crippen LogP contribution >= 0.6 is 0 Å². The van der Waals surface area contributed by atoms with E-state index in [0.717, 1.165) is 5.56 Å². The van der Waals surface area contributed by atoms with Crippen LogP contribution in [0.4, 0.5) is 5.69 Å². The molecule has 5 nitrogen and oxygen atoms in total. The van der Waals surface area contributed by atoms with Gasteiger partial charge in [-0.3, -0.25) is 4.79 Å². The van der Waals surface area contributed by atoms with Crippen LogP contribution in [0.15, 0.2) is 65.8 Å². The van der Waals surface area contributed by atoms with Gasteiger partial charge in [0.25, 0.3) is 0 Å². The average molecular weight is 280 g/mol. The lowest BCUT2D eigenvalue weighted by Gasteiger charge is -1.96. The van der Waals surface area contributed by atoms with Crippen LogP contribution in [0.5, 0.6) is 0 Å². The molecule has 0 unspecified atom stereocenters. The van der Waals surface area contributed by atoms with Crippen molar-refractivity contribution in [3.05, 3.63) is 82.2 Å². The smallest absolute Gasteiger partial charge is 0.185 e. The third-order valence-electron chi connectivity index (χ3n) is 2.54. The van der Waals surface area contributed by atoms with Crippen LogP contribution in [-0.2, 0) is 0 Å². The normalized spacial score (nSPS) is 9.43. The molecule has 0 atom stereocenters. The van der Waals surface area contributed by atoms with Gasteiger partial charge in [-0.15, -0.1) is 0 Å². The Labute approximate surface area is 123 Å². The minimum absolute atomic E-state index is 0.0867. The molecule has 2 rings (SSSR count). The van der Waals surface area contributed by atoms with Crippen molar-refractivity contribution in [2.24, 2.45) is 10.8 Å². The number of nitrogens with zero attached hydrogens (tertiary/aromatic N) is 3. The van der Waals surface area contributed by atoms with Gasteiger partial charge in [0.2, 0.25) is 0 Å². The average Bonchev–Trinajstić information content (AvgIpc) is 2.56. The van der Waals surface area contributed by atoms with Crippen molar-refractivity contribution >= 4 is 17.5 Å². The zero-order valence-corrected chi connectivity index (χ0v) is 11.7. The largest absolute Gasteiger partial charge is 0.333 e. The van der Waals surface area contributed by atoms with Crippen LogP contribution in [0.25, 0.3) is 16.5 Å². The summed E-state index contributed by atoms with van der Waals surface area (Å²) < 4.78 is 0. The summed E-state index contributed by atoms with van der Waals surface area (Å²) >= 11 is 0. The topological polar surface area (TPSA) is 91.8 Å². The Morgan fingerprint density at radius 3 is 2.29 bits per heavy atom. The van der Waals surface area contributed by atoms with E-state index in [2.05, 4.69) is 15.8 Å². The van der Waals surface area contributed by atoms with Crippen molar-refractivity contribution < 1.29 is 4.79 Å². The molecule has 0 aromatic heterocycles. The minimum Gasteiger partial charge on any atom is -0.333 e. The maximum atomic E-state index is 11.9. The highest BCUT2D eigenvalue weighted by Gasteiger charge is 2.00. The number of carbonyl (C=O) groups is 1. The molecule has 0 heterocycles. The first kappa shape index (κ1) is 16.2. The summed E-state index contributed by atoms with van der Waals surface area (Å²) in [5.74, 6) is -0.0867. The van der Waals surface area contributed by atoms with E-state index in [9.17, 15) is 4.79 Å². The van der Waals surface area contributed by atoms with Crippen LogP contribution < -0.4 is 5.73 Å². The summed E-state index contributed by atoms with van der Waals surface area (Å²) in [6.07, 6.45) is 3.29. The van der Waals surface area contributed by atoms with Gasteiger partial charge in [-0.2, -0.15) is 0 Å². The molecule has 2 N–H and O–H groups in total. The third-order valence-corrected chi connectivity index (χ3v) is 2.54. The fourth-order valence-corrected chi connectivity index (χ4v) is 1.58. The molecule has 0 aliphatic carbocycles. The molecular formula is C16H16N4O. The highest BCUT2D eigenvalue weighted by molar-refractivity contribution is 6.06. The third kappa shape index (κ3) is 5.32. The summed E-state index contributed by atoms with van der Waals surface area (Å²) in [5, 5.41) is 3.45. The van der Waals surface area contributed by atoms with E-state index in [1.54, 1.807) is 30.3 Å². The first-order valence-electron chi connectivity index (χ1n) is 6.30. The van der Waals surface area contributed by atoms with Gasteiger partial charge in [-0.25, -0.2) is 0 Å².